The topological polar surface area (TPSA) is 254 Å². The molecule has 1 aliphatic heterocycles. The number of amides is 2. The van der Waals surface area contributed by atoms with E-state index in [-0.39, 0.29) is 70.4 Å². The molecule has 2 aromatic heterocycles. The van der Waals surface area contributed by atoms with Crippen LogP contribution in [0, 0.1) is 42.9 Å². The summed E-state index contributed by atoms with van der Waals surface area (Å²) in [4.78, 5) is 37.4. The molecule has 0 radical (unpaired) electrons. The molecule has 4 atom stereocenters. The molecule has 3 heterocycles. The van der Waals surface area contributed by atoms with E-state index >= 15 is 0 Å². The van der Waals surface area contributed by atoms with Crippen LogP contribution in [-0.4, -0.2) is 89.2 Å². The van der Waals surface area contributed by atoms with E-state index in [0.29, 0.717) is 54.2 Å². The van der Waals surface area contributed by atoms with Crippen LogP contribution >= 0.6 is 22.9 Å². The first-order chi connectivity index (χ1) is 32.0. The third-order valence-corrected chi connectivity index (χ3v) is 14.8. The Balaban J connectivity index is 0.000000307. The van der Waals surface area contributed by atoms with Crippen molar-refractivity contribution in [2.45, 2.75) is 105 Å². The second-order valence-corrected chi connectivity index (χ2v) is 21.2. The molecule has 0 spiro atoms. The standard InChI is InChI=1S/C30H53N3O6.C18H15ClN2O6S2/c1-19(2)22(14-21-10-11-26(38-8)27(15-21)39-13-9-12-37-7)16-24(31)25(34)17-23(20(3)4)28(35)33-18-30(5,6)29(32)36;1-9-5-13-14(26-8-25-13)7-11(9)6-12(22)17-15(3-4-28-17)29(23,24)21-18-16(19)10(2)20-27-18/h10-11,15,19-20,22-25,34H,9,12-14,16-18,31H2,1-8H3,(H2,32,36)(H,33,35);3-5,7,21H,6,8H2,1-2H3/t22-,23-,24-,25-;/m0./s1. The summed E-state index contributed by atoms with van der Waals surface area (Å²) in [5.41, 5.74) is 14.1. The molecule has 68 heavy (non-hydrogen) atoms. The van der Waals surface area contributed by atoms with Gasteiger partial charge < -0.3 is 50.1 Å². The predicted molar refractivity (Wildman–Crippen MR) is 261 cm³/mol. The number of primary amides is 1. The van der Waals surface area contributed by atoms with Gasteiger partial charge in [0.05, 0.1) is 30.1 Å². The largest absolute Gasteiger partial charge is 0.493 e. The smallest absolute Gasteiger partial charge is 0.265 e. The maximum atomic E-state index is 12.9. The Kier molecular flexibility index (Phi) is 20.5. The number of nitrogens with one attached hydrogen (secondary N) is 2. The molecule has 376 valence electrons. The highest BCUT2D eigenvalue weighted by molar-refractivity contribution is 7.93. The Labute approximate surface area is 408 Å². The summed E-state index contributed by atoms with van der Waals surface area (Å²) >= 11 is 7.03. The fourth-order valence-corrected chi connectivity index (χ4v) is 9.79. The first kappa shape index (κ1) is 55.7. The highest BCUT2D eigenvalue weighted by atomic mass is 35.5. The number of aliphatic hydroxyl groups excluding tert-OH is 1. The van der Waals surface area contributed by atoms with Crippen molar-refractivity contribution in [3.63, 3.8) is 0 Å². The number of anilines is 1. The molecule has 0 saturated heterocycles. The highest BCUT2D eigenvalue weighted by Gasteiger charge is 2.33. The number of nitrogens with zero attached hydrogens (tertiary/aromatic N) is 1. The number of aryl methyl sites for hydroxylation is 2. The Morgan fingerprint density at radius 3 is 2.28 bits per heavy atom. The van der Waals surface area contributed by atoms with Crippen LogP contribution in [0.1, 0.15) is 92.9 Å². The number of nitrogens with two attached hydrogens (primary N) is 2. The van der Waals surface area contributed by atoms with E-state index in [1.54, 1.807) is 52.5 Å². The van der Waals surface area contributed by atoms with Crippen LogP contribution in [0.25, 0.3) is 0 Å². The summed E-state index contributed by atoms with van der Waals surface area (Å²) < 4.78 is 59.9. The minimum atomic E-state index is -4.09. The molecule has 17 nitrogen and oxygen atoms in total. The van der Waals surface area contributed by atoms with Gasteiger partial charge in [0.1, 0.15) is 15.6 Å². The minimum Gasteiger partial charge on any atom is -0.493 e. The van der Waals surface area contributed by atoms with Gasteiger partial charge in [-0.15, -0.1) is 11.3 Å². The highest BCUT2D eigenvalue weighted by Crippen LogP contribution is 2.37. The summed E-state index contributed by atoms with van der Waals surface area (Å²) in [7, 11) is -0.801. The van der Waals surface area contributed by atoms with Gasteiger partial charge in [-0.2, -0.15) is 0 Å². The average Bonchev–Trinajstić information content (AvgIpc) is 4.04. The zero-order valence-electron chi connectivity index (χ0n) is 40.6. The Bertz CT molecular complexity index is 2440. The lowest BCUT2D eigenvalue weighted by Crippen LogP contribution is -2.46. The number of thiophene rings is 1. The molecule has 2 amide bonds. The van der Waals surface area contributed by atoms with Crippen molar-refractivity contribution >= 4 is 56.4 Å². The minimum absolute atomic E-state index is 0.00829. The van der Waals surface area contributed by atoms with Crippen molar-refractivity contribution < 1.29 is 56.1 Å². The van der Waals surface area contributed by atoms with E-state index in [4.69, 9.17) is 51.3 Å². The summed E-state index contributed by atoms with van der Waals surface area (Å²) in [6.07, 6.45) is 1.58. The van der Waals surface area contributed by atoms with E-state index < -0.39 is 39.4 Å². The van der Waals surface area contributed by atoms with Gasteiger partial charge in [-0.25, -0.2) is 13.1 Å². The van der Waals surface area contributed by atoms with Gasteiger partial charge in [0.15, 0.2) is 28.8 Å². The van der Waals surface area contributed by atoms with Crippen molar-refractivity contribution in [1.29, 1.82) is 0 Å². The van der Waals surface area contributed by atoms with Gasteiger partial charge in [0, 0.05) is 45.1 Å². The summed E-state index contributed by atoms with van der Waals surface area (Å²) in [6, 6.07) is 10.4. The predicted octanol–water partition coefficient (Wildman–Crippen LogP) is 7.25. The molecule has 0 aliphatic carbocycles. The number of fused-ring (bicyclic) bond motifs is 1. The molecule has 0 bridgehead atoms. The zero-order chi connectivity index (χ0) is 50.5. The zero-order valence-corrected chi connectivity index (χ0v) is 43.0. The van der Waals surface area contributed by atoms with Crippen LogP contribution in [0.4, 0.5) is 5.88 Å². The molecular weight excluding hydrogens is 938 g/mol. The van der Waals surface area contributed by atoms with Gasteiger partial charge in [-0.05, 0) is 117 Å². The number of carbonyl (C=O) groups excluding carboxylic acids is 3. The quantitative estimate of drug-likeness (QED) is 0.0324. The first-order valence-corrected chi connectivity index (χ1v) is 25.2. The normalized spacial score (nSPS) is 14.2. The van der Waals surface area contributed by atoms with Crippen molar-refractivity contribution in [2.75, 3.05) is 45.5 Å². The Hall–Kier alpha value is -4.92. The van der Waals surface area contributed by atoms with Gasteiger partial charge in [-0.1, -0.05) is 50.5 Å². The molecule has 0 fully saturated rings. The van der Waals surface area contributed by atoms with Crippen LogP contribution in [0.5, 0.6) is 23.0 Å². The van der Waals surface area contributed by atoms with Crippen molar-refractivity contribution in [3.05, 3.63) is 74.1 Å². The maximum Gasteiger partial charge on any atom is 0.265 e. The molecule has 20 heteroatoms. The van der Waals surface area contributed by atoms with Crippen LogP contribution in [0.15, 0.2) is 51.2 Å². The molecular formula is C48H68ClN5O12S2. The number of hydrogen-bond acceptors (Lipinski definition) is 15. The monoisotopic (exact) mass is 1010 g/mol. The lowest BCUT2D eigenvalue weighted by atomic mass is 9.80. The third kappa shape index (κ3) is 15.3. The fourth-order valence-electron chi connectivity index (χ4n) is 7.23. The Morgan fingerprint density at radius 1 is 0.985 bits per heavy atom. The lowest BCUT2D eigenvalue weighted by Gasteiger charge is -2.30. The number of ether oxygens (including phenoxy) is 5. The number of carbonyl (C=O) groups is 3. The van der Waals surface area contributed by atoms with Crippen molar-refractivity contribution in [3.8, 4) is 23.0 Å². The molecule has 0 unspecified atom stereocenters. The summed E-state index contributed by atoms with van der Waals surface area (Å²) in [5, 5.41) is 19.1. The number of methoxy groups -OCH3 is 2. The molecule has 1 aliphatic rings. The maximum absolute atomic E-state index is 12.9. The fraction of sp³-hybridized carbons (Fsp3) is 0.542. The van der Waals surface area contributed by atoms with Crippen LogP contribution in [0.3, 0.4) is 0 Å². The third-order valence-electron chi connectivity index (χ3n) is 11.9. The first-order valence-electron chi connectivity index (χ1n) is 22.4. The number of Topliss-reactive ketones (excluding diaryl/α,β-unsaturated/α-hetero) is 1. The molecule has 7 N–H and O–H groups in total. The number of aromatic nitrogens is 1. The average molecular weight is 1010 g/mol. The van der Waals surface area contributed by atoms with Crippen molar-refractivity contribution in [2.24, 2.45) is 40.6 Å². The van der Waals surface area contributed by atoms with Crippen LogP contribution in [-0.2, 0) is 37.2 Å². The number of aliphatic hydroxyl groups is 1. The second kappa shape index (κ2) is 25.1. The van der Waals surface area contributed by atoms with Gasteiger partial charge >= 0.3 is 0 Å². The lowest BCUT2D eigenvalue weighted by molar-refractivity contribution is -0.130. The molecule has 4 aromatic rings. The van der Waals surface area contributed by atoms with Crippen molar-refractivity contribution in [1.82, 2.24) is 10.5 Å². The van der Waals surface area contributed by atoms with E-state index in [1.807, 2.05) is 39.0 Å². The number of sulfonamides is 1. The van der Waals surface area contributed by atoms with Crippen LogP contribution < -0.4 is 40.5 Å². The van der Waals surface area contributed by atoms with E-state index in [2.05, 4.69) is 29.0 Å². The number of hydrogen-bond donors (Lipinski definition) is 5. The van der Waals surface area contributed by atoms with E-state index in [0.717, 1.165) is 40.9 Å². The van der Waals surface area contributed by atoms with E-state index in [9.17, 15) is 27.9 Å². The number of halogens is 1. The number of benzene rings is 2. The molecule has 0 saturated carbocycles. The van der Waals surface area contributed by atoms with E-state index in [1.165, 1.54) is 6.07 Å². The molecule has 5 rings (SSSR count). The Morgan fingerprint density at radius 2 is 1.68 bits per heavy atom. The summed E-state index contributed by atoms with van der Waals surface area (Å²) in [5.74, 6) is 1.46. The SMILES string of the molecule is COCCCOc1cc(C[C@@H](C[C@H](N)[C@@H](O)C[C@H](C(=O)NCC(C)(C)C(N)=O)C(C)C)C(C)C)ccc1OC.Cc1cc2c(cc1CC(=O)c1sccc1S(=O)(=O)Nc1onc(C)c1Cl)OCO2. The number of ketones is 1. The molecule has 2 aromatic carbocycles. The van der Waals surface area contributed by atoms with Gasteiger partial charge in [0.2, 0.25) is 18.6 Å². The van der Waals surface area contributed by atoms with Gasteiger partial charge in [-0.3, -0.25) is 14.4 Å². The summed E-state index contributed by atoms with van der Waals surface area (Å²) in [6.45, 7) is 16.4. The second-order valence-electron chi connectivity index (χ2n) is 18.3. The van der Waals surface area contributed by atoms with Gasteiger partial charge in [0.25, 0.3) is 15.9 Å². The number of rotatable bonds is 25. The van der Waals surface area contributed by atoms with Crippen LogP contribution in [0.2, 0.25) is 5.02 Å².